The first-order valence-corrected chi connectivity index (χ1v) is 5.20. The lowest BCUT2D eigenvalue weighted by Gasteiger charge is -2.13. The van der Waals surface area contributed by atoms with Crippen LogP contribution < -0.4 is 0 Å². The third-order valence-corrected chi connectivity index (χ3v) is 2.72. The second kappa shape index (κ2) is 5.34. The second-order valence-electron chi connectivity index (χ2n) is 3.72. The molecule has 0 saturated carbocycles. The Balaban J connectivity index is 2.52. The van der Waals surface area contributed by atoms with Crippen molar-refractivity contribution in [3.05, 3.63) is 0 Å². The van der Waals surface area contributed by atoms with Crippen LogP contribution in [0.3, 0.4) is 0 Å². The summed E-state index contributed by atoms with van der Waals surface area (Å²) >= 11 is 0. The Morgan fingerprint density at radius 1 is 1.47 bits per heavy atom. The maximum Gasteiger partial charge on any atom is 0.217 e. The van der Waals surface area contributed by atoms with E-state index in [1.54, 1.807) is 0 Å². The number of ketones is 2. The van der Waals surface area contributed by atoms with Crippen molar-refractivity contribution in [2.75, 3.05) is 19.8 Å². The molecule has 1 rings (SSSR count). The van der Waals surface area contributed by atoms with Crippen molar-refractivity contribution < 1.29 is 19.8 Å². The van der Waals surface area contributed by atoms with Crippen molar-refractivity contribution >= 4 is 11.6 Å². The number of aliphatic hydroxyl groups is 2. The van der Waals surface area contributed by atoms with Crippen molar-refractivity contribution in [1.29, 1.82) is 0 Å². The van der Waals surface area contributed by atoms with Gasteiger partial charge in [-0.25, -0.2) is 0 Å². The van der Waals surface area contributed by atoms with E-state index in [-0.39, 0.29) is 19.6 Å². The van der Waals surface area contributed by atoms with Gasteiger partial charge in [0.05, 0.1) is 13.2 Å². The van der Waals surface area contributed by atoms with E-state index in [2.05, 4.69) is 0 Å². The zero-order valence-corrected chi connectivity index (χ0v) is 8.85. The average Bonchev–Trinajstić information content (AvgIpc) is 2.98. The van der Waals surface area contributed by atoms with Gasteiger partial charge in [0, 0.05) is 19.0 Å². The minimum Gasteiger partial charge on any atom is -0.396 e. The van der Waals surface area contributed by atoms with Crippen LogP contribution in [0.5, 0.6) is 0 Å². The molecule has 3 unspecified atom stereocenters. The summed E-state index contributed by atoms with van der Waals surface area (Å²) in [7, 11) is 0. The zero-order chi connectivity index (χ0) is 11.4. The van der Waals surface area contributed by atoms with Crippen LogP contribution in [0, 0.1) is 0 Å². The molecule has 1 aliphatic rings. The minimum absolute atomic E-state index is 0.153. The summed E-state index contributed by atoms with van der Waals surface area (Å²) in [4.78, 5) is 24.6. The summed E-state index contributed by atoms with van der Waals surface area (Å²) in [6.45, 7) is 2.12. The highest BCUT2D eigenvalue weighted by molar-refractivity contribution is 6.39. The van der Waals surface area contributed by atoms with Crippen LogP contribution in [-0.2, 0) is 9.59 Å². The fourth-order valence-corrected chi connectivity index (χ4v) is 1.69. The van der Waals surface area contributed by atoms with Crippen LogP contribution in [0.1, 0.15) is 19.8 Å². The third kappa shape index (κ3) is 2.84. The summed E-state index contributed by atoms with van der Waals surface area (Å²) in [6, 6.07) is -0.387. The summed E-state index contributed by atoms with van der Waals surface area (Å²) < 4.78 is 0. The largest absolute Gasteiger partial charge is 0.396 e. The number of hydrogen-bond donors (Lipinski definition) is 2. The van der Waals surface area contributed by atoms with Gasteiger partial charge in [-0.15, -0.1) is 0 Å². The molecule has 15 heavy (non-hydrogen) atoms. The van der Waals surface area contributed by atoms with E-state index < -0.39 is 17.6 Å². The number of nitrogens with zero attached hydrogens (tertiary/aromatic N) is 1. The summed E-state index contributed by atoms with van der Waals surface area (Å²) in [5, 5.41) is 17.6. The lowest BCUT2D eigenvalue weighted by molar-refractivity contribution is -0.139. The predicted molar refractivity (Wildman–Crippen MR) is 53.4 cm³/mol. The molecule has 1 aliphatic heterocycles. The second-order valence-corrected chi connectivity index (χ2v) is 3.72. The standard InChI is InChI=1S/C10H17NO4/c1-2-7-5-11(7)8(6-13)10(15)9(14)3-4-12/h7-8,12-13H,2-6H2,1H3. The molecule has 0 bridgehead atoms. The van der Waals surface area contributed by atoms with Crippen LogP contribution in [0.25, 0.3) is 0 Å². The first-order valence-electron chi connectivity index (χ1n) is 5.20. The molecule has 1 heterocycles. The highest BCUT2D eigenvalue weighted by Gasteiger charge is 2.42. The van der Waals surface area contributed by atoms with Gasteiger partial charge in [-0.05, 0) is 6.42 Å². The Kier molecular flexibility index (Phi) is 4.38. The topological polar surface area (TPSA) is 77.6 Å². The zero-order valence-electron chi connectivity index (χ0n) is 8.85. The number of Topliss-reactive ketones (excluding diaryl/α,β-unsaturated/α-hetero) is 2. The Bertz CT molecular complexity index is 254. The summed E-state index contributed by atoms with van der Waals surface area (Å²) in [6.07, 6.45) is 0.762. The maximum absolute atomic E-state index is 11.5. The van der Waals surface area contributed by atoms with Gasteiger partial charge >= 0.3 is 0 Å². The molecule has 0 radical (unpaired) electrons. The highest BCUT2D eigenvalue weighted by atomic mass is 16.3. The van der Waals surface area contributed by atoms with Crippen molar-refractivity contribution in [3.8, 4) is 0 Å². The molecule has 1 saturated heterocycles. The highest BCUT2D eigenvalue weighted by Crippen LogP contribution is 2.24. The minimum atomic E-state index is -0.700. The quantitative estimate of drug-likeness (QED) is 0.419. The lowest BCUT2D eigenvalue weighted by Crippen LogP contribution is -2.38. The van der Waals surface area contributed by atoms with E-state index in [1.807, 2.05) is 11.8 Å². The van der Waals surface area contributed by atoms with Crippen molar-refractivity contribution in [3.63, 3.8) is 0 Å². The maximum atomic E-state index is 11.5. The molecule has 5 nitrogen and oxygen atoms in total. The first kappa shape index (κ1) is 12.3. The molecule has 1 fully saturated rings. The van der Waals surface area contributed by atoms with Crippen LogP contribution >= 0.6 is 0 Å². The summed E-state index contributed by atoms with van der Waals surface area (Å²) in [5.74, 6) is -1.18. The molecule has 2 N–H and O–H groups in total. The van der Waals surface area contributed by atoms with E-state index in [1.165, 1.54) is 0 Å². The van der Waals surface area contributed by atoms with Gasteiger partial charge in [-0.1, -0.05) is 6.92 Å². The van der Waals surface area contributed by atoms with Crippen molar-refractivity contribution in [1.82, 2.24) is 4.90 Å². The molecule has 0 aromatic carbocycles. The van der Waals surface area contributed by atoms with E-state index in [0.29, 0.717) is 6.04 Å². The monoisotopic (exact) mass is 215 g/mol. The first-order chi connectivity index (χ1) is 7.15. The third-order valence-electron chi connectivity index (χ3n) is 2.72. The van der Waals surface area contributed by atoms with Gasteiger partial charge in [0.15, 0.2) is 0 Å². The van der Waals surface area contributed by atoms with E-state index >= 15 is 0 Å². The number of hydrogen-bond acceptors (Lipinski definition) is 5. The Morgan fingerprint density at radius 3 is 2.53 bits per heavy atom. The van der Waals surface area contributed by atoms with Crippen molar-refractivity contribution in [2.24, 2.45) is 0 Å². The van der Waals surface area contributed by atoms with Gasteiger partial charge in [-0.3, -0.25) is 14.5 Å². The smallest absolute Gasteiger partial charge is 0.217 e. The number of rotatable bonds is 7. The number of aliphatic hydroxyl groups excluding tert-OH is 2. The van der Waals surface area contributed by atoms with Crippen LogP contribution in [0.4, 0.5) is 0 Å². The van der Waals surface area contributed by atoms with Gasteiger partial charge in [0.1, 0.15) is 6.04 Å². The summed E-state index contributed by atoms with van der Waals surface area (Å²) in [5.41, 5.74) is 0. The molecule has 5 heteroatoms. The Hall–Kier alpha value is -0.780. The molecule has 86 valence electrons. The Morgan fingerprint density at radius 2 is 2.13 bits per heavy atom. The number of carbonyl (C=O) groups excluding carboxylic acids is 2. The SMILES string of the molecule is CCC1CN1C(CO)C(=O)C(=O)CCO. The average molecular weight is 215 g/mol. The molecule has 3 atom stereocenters. The fraction of sp³-hybridized carbons (Fsp3) is 0.800. The van der Waals surface area contributed by atoms with Gasteiger partial charge in [0.2, 0.25) is 11.6 Å². The van der Waals surface area contributed by atoms with E-state index in [4.69, 9.17) is 10.2 Å². The Labute approximate surface area is 88.7 Å². The molecule has 0 aromatic rings. The number of carbonyl (C=O) groups is 2. The van der Waals surface area contributed by atoms with Crippen LogP contribution in [0.15, 0.2) is 0 Å². The van der Waals surface area contributed by atoms with Gasteiger partial charge < -0.3 is 10.2 Å². The van der Waals surface area contributed by atoms with Crippen molar-refractivity contribution in [2.45, 2.75) is 31.8 Å². The normalized spacial score (nSPS) is 26.1. The molecule has 0 spiro atoms. The predicted octanol–water partition coefficient (Wildman–Crippen LogP) is -1.04. The fourth-order valence-electron chi connectivity index (χ4n) is 1.69. The van der Waals surface area contributed by atoms with Gasteiger partial charge in [0.25, 0.3) is 0 Å². The molecule has 0 amide bonds. The van der Waals surface area contributed by atoms with E-state index in [9.17, 15) is 9.59 Å². The molecular formula is C10H17NO4. The molecular weight excluding hydrogens is 198 g/mol. The van der Waals surface area contributed by atoms with Crippen LogP contribution in [0.2, 0.25) is 0 Å². The lowest BCUT2D eigenvalue weighted by atomic mass is 10.1. The van der Waals surface area contributed by atoms with Crippen LogP contribution in [-0.4, -0.2) is 58.5 Å². The molecule has 0 aromatic heterocycles. The van der Waals surface area contributed by atoms with Gasteiger partial charge in [-0.2, -0.15) is 0 Å². The molecule has 0 aliphatic carbocycles. The van der Waals surface area contributed by atoms with E-state index in [0.717, 1.165) is 13.0 Å².